The molecule has 2 heteroatoms. The Morgan fingerprint density at radius 2 is 2.00 bits per heavy atom. The number of hydrogen-bond donors (Lipinski definition) is 0. The predicted molar refractivity (Wildman–Crippen MR) is 81.9 cm³/mol. The van der Waals surface area contributed by atoms with Gasteiger partial charge in [0.15, 0.2) is 5.78 Å². The van der Waals surface area contributed by atoms with E-state index in [0.29, 0.717) is 0 Å². The molecule has 98 valence electrons. The Balaban J connectivity index is 2.22. The van der Waals surface area contributed by atoms with E-state index in [0.717, 1.165) is 28.5 Å². The molecule has 0 aromatic heterocycles. The van der Waals surface area contributed by atoms with Crippen molar-refractivity contribution in [3.63, 3.8) is 0 Å². The maximum Gasteiger partial charge on any atom is 0.171 e. The van der Waals surface area contributed by atoms with Crippen molar-refractivity contribution in [2.75, 3.05) is 0 Å². The van der Waals surface area contributed by atoms with Gasteiger partial charge in [0.2, 0.25) is 0 Å². The highest BCUT2D eigenvalue weighted by Crippen LogP contribution is 2.53. The minimum Gasteiger partial charge on any atom is -0.293 e. The van der Waals surface area contributed by atoms with Crippen molar-refractivity contribution in [2.24, 2.45) is 11.3 Å². The average Bonchev–Trinajstić information content (AvgIpc) is 2.38. The van der Waals surface area contributed by atoms with Gasteiger partial charge in [-0.2, -0.15) is 0 Å². The number of carbonyl (C=O) groups excluding carboxylic acids is 1. The van der Waals surface area contributed by atoms with E-state index in [2.05, 4.69) is 54.1 Å². The molecule has 0 heterocycles. The lowest BCUT2D eigenvalue weighted by atomic mass is 9.58. The van der Waals surface area contributed by atoms with Crippen molar-refractivity contribution < 1.29 is 4.79 Å². The van der Waals surface area contributed by atoms with Crippen LogP contribution in [0.1, 0.15) is 26.7 Å². The number of hydrogen-bond acceptors (Lipinski definition) is 1. The highest BCUT2D eigenvalue weighted by molar-refractivity contribution is 9.11. The minimum atomic E-state index is -0.222. The normalized spacial score (nSPS) is 35.3. The van der Waals surface area contributed by atoms with Crippen LogP contribution in [0.2, 0.25) is 0 Å². The standard InChI is InChI=1S/C17H17BrO/c1-3-14-12-6-4-5-7-13(12)16(19)15-9-8-11(18)10-17(14,15)2/h3,6-10,15H,4-5H2,1-2H3/b14-3-/t15?,17-/m1/s1. The number of fused-ring (bicyclic) bond motifs is 2. The molecule has 1 nitrogen and oxygen atoms in total. The van der Waals surface area contributed by atoms with E-state index in [1.165, 1.54) is 5.57 Å². The second-order valence-electron chi connectivity index (χ2n) is 5.53. The number of ketones is 1. The molecule has 0 aromatic rings. The van der Waals surface area contributed by atoms with E-state index in [1.54, 1.807) is 0 Å². The molecule has 2 atom stereocenters. The van der Waals surface area contributed by atoms with Gasteiger partial charge in [0.05, 0.1) is 5.92 Å². The van der Waals surface area contributed by atoms with Gasteiger partial charge in [0, 0.05) is 15.5 Å². The van der Waals surface area contributed by atoms with Gasteiger partial charge in [-0.25, -0.2) is 0 Å². The van der Waals surface area contributed by atoms with Crippen LogP contribution in [-0.4, -0.2) is 5.78 Å². The zero-order valence-corrected chi connectivity index (χ0v) is 12.8. The van der Waals surface area contributed by atoms with Crippen molar-refractivity contribution in [3.05, 3.63) is 57.7 Å². The van der Waals surface area contributed by atoms with Crippen LogP contribution >= 0.6 is 15.9 Å². The van der Waals surface area contributed by atoms with Crippen LogP contribution in [0.25, 0.3) is 0 Å². The maximum atomic E-state index is 12.7. The molecular formula is C17H17BrO. The molecule has 1 unspecified atom stereocenters. The Hall–Kier alpha value is -1.15. The maximum absolute atomic E-state index is 12.7. The van der Waals surface area contributed by atoms with Gasteiger partial charge in [0.1, 0.15) is 0 Å². The molecule has 0 aliphatic heterocycles. The van der Waals surface area contributed by atoms with Crippen molar-refractivity contribution in [3.8, 4) is 0 Å². The Morgan fingerprint density at radius 1 is 1.32 bits per heavy atom. The lowest BCUT2D eigenvalue weighted by molar-refractivity contribution is -0.120. The van der Waals surface area contributed by atoms with Gasteiger partial charge in [0.25, 0.3) is 0 Å². The number of rotatable bonds is 0. The van der Waals surface area contributed by atoms with Gasteiger partial charge < -0.3 is 0 Å². The Labute approximate surface area is 122 Å². The zero-order valence-electron chi connectivity index (χ0n) is 11.2. The summed E-state index contributed by atoms with van der Waals surface area (Å²) in [5.41, 5.74) is 3.14. The summed E-state index contributed by atoms with van der Waals surface area (Å²) in [7, 11) is 0. The average molecular weight is 317 g/mol. The van der Waals surface area contributed by atoms with Crippen LogP contribution in [0.15, 0.2) is 57.7 Å². The molecule has 1 saturated carbocycles. The summed E-state index contributed by atoms with van der Waals surface area (Å²) in [5, 5.41) is 0. The monoisotopic (exact) mass is 316 g/mol. The van der Waals surface area contributed by atoms with E-state index in [4.69, 9.17) is 0 Å². The van der Waals surface area contributed by atoms with Gasteiger partial charge in [-0.15, -0.1) is 0 Å². The van der Waals surface area contributed by atoms with Crippen molar-refractivity contribution >= 4 is 21.7 Å². The van der Waals surface area contributed by atoms with Gasteiger partial charge >= 0.3 is 0 Å². The molecule has 0 spiro atoms. The Morgan fingerprint density at radius 3 is 2.68 bits per heavy atom. The van der Waals surface area contributed by atoms with E-state index in [9.17, 15) is 4.79 Å². The molecule has 0 bridgehead atoms. The molecule has 0 aromatic carbocycles. The lowest BCUT2D eigenvalue weighted by Crippen LogP contribution is -2.41. The number of halogens is 1. The first kappa shape index (κ1) is 12.9. The number of Topliss-reactive ketones (excluding diaryl/α,β-unsaturated/α-hetero) is 1. The fourth-order valence-electron chi connectivity index (χ4n) is 3.51. The first-order valence-corrected chi connectivity index (χ1v) is 7.56. The summed E-state index contributed by atoms with van der Waals surface area (Å²) in [5.74, 6) is 0.202. The molecule has 19 heavy (non-hydrogen) atoms. The van der Waals surface area contributed by atoms with E-state index in [1.807, 2.05) is 12.2 Å². The van der Waals surface area contributed by atoms with E-state index >= 15 is 0 Å². The molecular weight excluding hydrogens is 300 g/mol. The third-order valence-corrected chi connectivity index (χ3v) is 4.89. The first-order valence-electron chi connectivity index (χ1n) is 6.76. The van der Waals surface area contributed by atoms with Gasteiger partial charge in [-0.05, 0) is 30.9 Å². The van der Waals surface area contributed by atoms with E-state index < -0.39 is 0 Å². The third-order valence-electron chi connectivity index (χ3n) is 4.39. The lowest BCUT2D eigenvalue weighted by Gasteiger charge is -2.44. The Kier molecular flexibility index (Phi) is 3.01. The van der Waals surface area contributed by atoms with E-state index in [-0.39, 0.29) is 17.1 Å². The molecule has 0 radical (unpaired) electrons. The number of allylic oxidation sites excluding steroid dienone is 10. The third kappa shape index (κ3) is 1.77. The largest absolute Gasteiger partial charge is 0.293 e. The topological polar surface area (TPSA) is 17.1 Å². The molecule has 3 rings (SSSR count). The summed E-state index contributed by atoms with van der Waals surface area (Å²) in [6.45, 7) is 4.24. The van der Waals surface area contributed by atoms with Crippen LogP contribution in [0.5, 0.6) is 0 Å². The van der Waals surface area contributed by atoms with Crippen molar-refractivity contribution in [1.29, 1.82) is 0 Å². The summed E-state index contributed by atoms with van der Waals surface area (Å²) < 4.78 is 1.06. The summed E-state index contributed by atoms with van der Waals surface area (Å²) in [6.07, 6.45) is 14.7. The zero-order chi connectivity index (χ0) is 13.6. The molecule has 1 fully saturated rings. The molecule has 3 aliphatic carbocycles. The van der Waals surface area contributed by atoms with Crippen LogP contribution in [0.4, 0.5) is 0 Å². The van der Waals surface area contributed by atoms with Crippen LogP contribution in [0.3, 0.4) is 0 Å². The van der Waals surface area contributed by atoms with Crippen LogP contribution < -0.4 is 0 Å². The van der Waals surface area contributed by atoms with Crippen molar-refractivity contribution in [2.45, 2.75) is 26.7 Å². The molecule has 0 N–H and O–H groups in total. The van der Waals surface area contributed by atoms with Crippen LogP contribution in [-0.2, 0) is 4.79 Å². The van der Waals surface area contributed by atoms with Gasteiger partial charge in [-0.1, -0.05) is 59.3 Å². The number of carbonyl (C=O) groups is 1. The highest BCUT2D eigenvalue weighted by Gasteiger charge is 2.47. The summed E-state index contributed by atoms with van der Waals surface area (Å²) in [6, 6.07) is 0. The fourth-order valence-corrected chi connectivity index (χ4v) is 4.13. The fraction of sp³-hybridized carbons (Fsp3) is 0.353. The van der Waals surface area contributed by atoms with Crippen molar-refractivity contribution in [1.82, 2.24) is 0 Å². The highest BCUT2D eigenvalue weighted by atomic mass is 79.9. The molecule has 0 saturated heterocycles. The Bertz CT molecular complexity index is 601. The second-order valence-corrected chi connectivity index (χ2v) is 6.44. The SMILES string of the molecule is C/C=C1/C2=CCCC=C2C(=O)C2C=CC(Br)=C[C@]12C. The quantitative estimate of drug-likeness (QED) is 0.636. The first-order chi connectivity index (χ1) is 9.08. The van der Waals surface area contributed by atoms with Crippen LogP contribution in [0, 0.1) is 11.3 Å². The predicted octanol–water partition coefficient (Wildman–Crippen LogP) is 4.63. The molecule has 0 amide bonds. The second kappa shape index (κ2) is 4.45. The summed E-state index contributed by atoms with van der Waals surface area (Å²) >= 11 is 3.55. The summed E-state index contributed by atoms with van der Waals surface area (Å²) in [4.78, 5) is 12.7. The smallest absolute Gasteiger partial charge is 0.171 e. The molecule has 3 aliphatic rings. The minimum absolute atomic E-state index is 0.0681. The van der Waals surface area contributed by atoms with Gasteiger partial charge in [-0.3, -0.25) is 4.79 Å².